The molecule has 8 nitrogen and oxygen atoms in total. The van der Waals surface area contributed by atoms with Crippen LogP contribution in [0.25, 0.3) is 11.2 Å². The number of carbonyl (C=O) groups excluding carboxylic acids is 1. The number of aromatic nitrogens is 3. The number of carbonyl (C=O) groups is 1. The van der Waals surface area contributed by atoms with Gasteiger partial charge < -0.3 is 19.1 Å². The van der Waals surface area contributed by atoms with Gasteiger partial charge in [-0.15, -0.1) is 0 Å². The van der Waals surface area contributed by atoms with E-state index in [1.807, 2.05) is 12.1 Å². The van der Waals surface area contributed by atoms with Gasteiger partial charge in [0.25, 0.3) is 5.71 Å². The van der Waals surface area contributed by atoms with Gasteiger partial charge in [0.2, 0.25) is 5.91 Å². The van der Waals surface area contributed by atoms with E-state index in [1.54, 1.807) is 13.2 Å². The number of aryl methyl sites for hydroxylation is 1. The molecule has 0 aliphatic carbocycles. The normalized spacial score (nSPS) is 15.6. The van der Waals surface area contributed by atoms with Crippen LogP contribution in [-0.2, 0) is 11.3 Å². The molecule has 1 fully saturated rings. The highest BCUT2D eigenvalue weighted by Crippen LogP contribution is 2.27. The molecular weight excluding hydrogens is 322 g/mol. The first kappa shape index (κ1) is 15.6. The Morgan fingerprint density at radius 1 is 1.36 bits per heavy atom. The standard InChI is InChI=1S/C17H19N5O3/c1-11-21-14-15(19-10-20-17(14)25-11)22-6-4-12(5-7-22)16(23)18-9-13-3-2-8-24-13/h2-3,8,10,12H,4-7,9H2,1H3,(H,18,23). The lowest BCUT2D eigenvalue weighted by Crippen LogP contribution is -2.40. The van der Waals surface area contributed by atoms with E-state index >= 15 is 0 Å². The molecule has 1 aliphatic heterocycles. The number of piperidine rings is 1. The summed E-state index contributed by atoms with van der Waals surface area (Å²) >= 11 is 0. The van der Waals surface area contributed by atoms with Crippen LogP contribution in [-0.4, -0.2) is 33.9 Å². The van der Waals surface area contributed by atoms with E-state index < -0.39 is 0 Å². The molecule has 3 aromatic rings. The third-order valence-electron chi connectivity index (χ3n) is 4.47. The first-order valence-corrected chi connectivity index (χ1v) is 8.34. The molecule has 1 aliphatic rings. The van der Waals surface area contributed by atoms with E-state index in [4.69, 9.17) is 8.83 Å². The number of anilines is 1. The predicted octanol–water partition coefficient (Wildman–Crippen LogP) is 2.05. The van der Waals surface area contributed by atoms with Gasteiger partial charge in [-0.25, -0.2) is 9.97 Å². The van der Waals surface area contributed by atoms with Crippen molar-refractivity contribution < 1.29 is 13.6 Å². The van der Waals surface area contributed by atoms with Gasteiger partial charge in [0.05, 0.1) is 12.8 Å². The summed E-state index contributed by atoms with van der Waals surface area (Å²) in [4.78, 5) is 27.3. The van der Waals surface area contributed by atoms with Crippen molar-refractivity contribution >= 4 is 23.0 Å². The van der Waals surface area contributed by atoms with Crippen LogP contribution < -0.4 is 10.2 Å². The Bertz CT molecular complexity index is 866. The van der Waals surface area contributed by atoms with E-state index in [-0.39, 0.29) is 11.8 Å². The van der Waals surface area contributed by atoms with Crippen molar-refractivity contribution in [1.29, 1.82) is 0 Å². The monoisotopic (exact) mass is 341 g/mol. The highest BCUT2D eigenvalue weighted by atomic mass is 16.4. The molecule has 0 unspecified atom stereocenters. The van der Waals surface area contributed by atoms with Crippen molar-refractivity contribution in [3.8, 4) is 0 Å². The topological polar surface area (TPSA) is 97.3 Å². The number of hydrogen-bond donors (Lipinski definition) is 1. The van der Waals surface area contributed by atoms with Crippen LogP contribution in [0.15, 0.2) is 33.6 Å². The van der Waals surface area contributed by atoms with Gasteiger partial charge in [-0.1, -0.05) is 0 Å². The molecule has 3 aromatic heterocycles. The van der Waals surface area contributed by atoms with Crippen LogP contribution in [0.2, 0.25) is 0 Å². The van der Waals surface area contributed by atoms with Crippen LogP contribution >= 0.6 is 0 Å². The molecule has 0 spiro atoms. The van der Waals surface area contributed by atoms with Crippen LogP contribution in [0, 0.1) is 12.8 Å². The summed E-state index contributed by atoms with van der Waals surface area (Å²) in [6, 6.07) is 3.66. The molecule has 0 radical (unpaired) electrons. The number of furan rings is 1. The molecule has 0 atom stereocenters. The number of amides is 1. The average molecular weight is 341 g/mol. The summed E-state index contributed by atoms with van der Waals surface area (Å²) in [6.07, 6.45) is 4.64. The molecule has 4 rings (SSSR count). The van der Waals surface area contributed by atoms with Crippen molar-refractivity contribution in [2.75, 3.05) is 18.0 Å². The lowest BCUT2D eigenvalue weighted by molar-refractivity contribution is -0.125. The van der Waals surface area contributed by atoms with Crippen molar-refractivity contribution in [2.45, 2.75) is 26.3 Å². The minimum Gasteiger partial charge on any atom is -0.467 e. The van der Waals surface area contributed by atoms with Gasteiger partial charge in [-0.2, -0.15) is 4.98 Å². The molecular formula is C17H19N5O3. The number of hydrogen-bond acceptors (Lipinski definition) is 7. The van der Waals surface area contributed by atoms with E-state index in [9.17, 15) is 4.79 Å². The summed E-state index contributed by atoms with van der Waals surface area (Å²) in [6.45, 7) is 3.71. The third kappa shape index (κ3) is 3.19. The number of fused-ring (bicyclic) bond motifs is 1. The maximum absolute atomic E-state index is 12.3. The Kier molecular flexibility index (Phi) is 4.09. The van der Waals surface area contributed by atoms with Gasteiger partial charge in [0.15, 0.2) is 17.2 Å². The largest absolute Gasteiger partial charge is 0.467 e. The molecule has 1 amide bonds. The first-order valence-electron chi connectivity index (χ1n) is 8.34. The van der Waals surface area contributed by atoms with Crippen LogP contribution in [0.4, 0.5) is 5.82 Å². The van der Waals surface area contributed by atoms with Crippen molar-refractivity contribution in [3.05, 3.63) is 36.4 Å². The highest BCUT2D eigenvalue weighted by molar-refractivity contribution is 5.82. The average Bonchev–Trinajstić information content (AvgIpc) is 3.27. The van der Waals surface area contributed by atoms with E-state index in [1.165, 1.54) is 6.33 Å². The molecule has 0 aromatic carbocycles. The number of nitrogens with one attached hydrogen (secondary N) is 1. The van der Waals surface area contributed by atoms with E-state index in [2.05, 4.69) is 25.2 Å². The zero-order chi connectivity index (χ0) is 17.2. The lowest BCUT2D eigenvalue weighted by atomic mass is 9.96. The molecule has 4 heterocycles. The van der Waals surface area contributed by atoms with E-state index in [0.717, 1.165) is 37.5 Å². The van der Waals surface area contributed by atoms with Gasteiger partial charge in [-0.3, -0.25) is 4.79 Å². The quantitative estimate of drug-likeness (QED) is 0.775. The molecule has 0 bridgehead atoms. The van der Waals surface area contributed by atoms with Gasteiger partial charge in [0.1, 0.15) is 12.1 Å². The second-order valence-corrected chi connectivity index (χ2v) is 6.14. The Morgan fingerprint density at radius 3 is 2.96 bits per heavy atom. The molecule has 1 N–H and O–H groups in total. The fraction of sp³-hybridized carbons (Fsp3) is 0.412. The smallest absolute Gasteiger partial charge is 0.252 e. The van der Waals surface area contributed by atoms with Gasteiger partial charge >= 0.3 is 0 Å². The Hall–Kier alpha value is -2.90. The zero-order valence-electron chi connectivity index (χ0n) is 13.9. The maximum atomic E-state index is 12.3. The summed E-state index contributed by atoms with van der Waals surface area (Å²) in [5, 5.41) is 2.94. The Labute approximate surface area is 144 Å². The molecule has 130 valence electrons. The Balaban J connectivity index is 1.38. The van der Waals surface area contributed by atoms with Gasteiger partial charge in [0, 0.05) is 25.9 Å². The van der Waals surface area contributed by atoms with Crippen molar-refractivity contribution in [3.63, 3.8) is 0 Å². The lowest BCUT2D eigenvalue weighted by Gasteiger charge is -2.31. The van der Waals surface area contributed by atoms with Crippen molar-refractivity contribution in [1.82, 2.24) is 20.3 Å². The summed E-state index contributed by atoms with van der Waals surface area (Å²) in [5.41, 5.74) is 1.18. The summed E-state index contributed by atoms with van der Waals surface area (Å²) in [5.74, 6) is 2.18. The zero-order valence-corrected chi connectivity index (χ0v) is 13.9. The van der Waals surface area contributed by atoms with Crippen LogP contribution in [0.5, 0.6) is 0 Å². The summed E-state index contributed by atoms with van der Waals surface area (Å²) in [7, 11) is 0. The first-order chi connectivity index (χ1) is 12.2. The van der Waals surface area contributed by atoms with Crippen LogP contribution in [0.1, 0.15) is 24.5 Å². The maximum Gasteiger partial charge on any atom is 0.252 e. The molecule has 25 heavy (non-hydrogen) atoms. The molecule has 8 heteroatoms. The fourth-order valence-corrected chi connectivity index (χ4v) is 3.16. The van der Waals surface area contributed by atoms with E-state index in [0.29, 0.717) is 23.7 Å². The van der Waals surface area contributed by atoms with Crippen molar-refractivity contribution in [2.24, 2.45) is 5.92 Å². The van der Waals surface area contributed by atoms with Crippen LogP contribution in [0.3, 0.4) is 0 Å². The Morgan fingerprint density at radius 2 is 2.20 bits per heavy atom. The molecule has 0 saturated carbocycles. The second kappa shape index (κ2) is 6.54. The highest BCUT2D eigenvalue weighted by Gasteiger charge is 2.27. The molecule has 1 saturated heterocycles. The number of oxazole rings is 1. The minimum absolute atomic E-state index is 0.00239. The van der Waals surface area contributed by atoms with Gasteiger partial charge in [-0.05, 0) is 25.0 Å². The SMILES string of the molecule is Cc1nc2c(N3CCC(C(=O)NCc4ccco4)CC3)ncnc2o1. The summed E-state index contributed by atoms with van der Waals surface area (Å²) < 4.78 is 10.7. The predicted molar refractivity (Wildman–Crippen MR) is 89.8 cm³/mol. The number of nitrogens with zero attached hydrogens (tertiary/aromatic N) is 4. The third-order valence-corrected chi connectivity index (χ3v) is 4.47. The second-order valence-electron chi connectivity index (χ2n) is 6.14. The fourth-order valence-electron chi connectivity index (χ4n) is 3.16. The minimum atomic E-state index is 0.00239. The number of rotatable bonds is 4.